The molecule has 0 N–H and O–H groups in total. The van der Waals surface area contributed by atoms with Crippen molar-refractivity contribution in [3.05, 3.63) is 29.8 Å². The number of thioether (sulfide) groups is 1. The summed E-state index contributed by atoms with van der Waals surface area (Å²) in [5.74, 6) is 4.20. The van der Waals surface area contributed by atoms with Gasteiger partial charge in [0.1, 0.15) is 6.29 Å². The zero-order chi connectivity index (χ0) is 11.7. The lowest BCUT2D eigenvalue weighted by Gasteiger charge is -2.20. The van der Waals surface area contributed by atoms with E-state index < -0.39 is 0 Å². The molecule has 2 bridgehead atoms. The summed E-state index contributed by atoms with van der Waals surface area (Å²) in [6, 6.07) is 7.97. The maximum Gasteiger partial charge on any atom is 0.150 e. The van der Waals surface area contributed by atoms with Gasteiger partial charge >= 0.3 is 0 Å². The molecule has 0 aromatic heterocycles. The summed E-state index contributed by atoms with van der Waals surface area (Å²) in [5.41, 5.74) is 0.794. The van der Waals surface area contributed by atoms with E-state index in [0.29, 0.717) is 0 Å². The highest BCUT2D eigenvalue weighted by Gasteiger charge is 2.38. The van der Waals surface area contributed by atoms with E-state index in [-0.39, 0.29) is 0 Å². The number of carbonyl (C=O) groups is 1. The quantitative estimate of drug-likeness (QED) is 0.589. The fourth-order valence-electron chi connectivity index (χ4n) is 3.46. The SMILES string of the molecule is O=Cc1cccc(SCC2CC3CCC2C3)c1. The number of rotatable bonds is 4. The molecule has 3 atom stereocenters. The third-order valence-electron chi connectivity index (χ3n) is 4.34. The maximum atomic E-state index is 10.7. The Labute approximate surface area is 107 Å². The van der Waals surface area contributed by atoms with Crippen LogP contribution in [0.15, 0.2) is 29.2 Å². The molecule has 2 aliphatic carbocycles. The summed E-state index contributed by atoms with van der Waals surface area (Å²) in [6.45, 7) is 0. The van der Waals surface area contributed by atoms with Gasteiger partial charge in [0, 0.05) is 16.2 Å². The van der Waals surface area contributed by atoms with E-state index in [1.165, 1.54) is 36.3 Å². The first-order valence-electron chi connectivity index (χ1n) is 6.53. The van der Waals surface area contributed by atoms with Crippen molar-refractivity contribution in [2.75, 3.05) is 5.75 Å². The molecule has 0 spiro atoms. The Bertz CT molecular complexity index is 415. The minimum absolute atomic E-state index is 0.794. The van der Waals surface area contributed by atoms with E-state index in [1.54, 1.807) is 0 Å². The molecular weight excluding hydrogens is 228 g/mol. The van der Waals surface area contributed by atoms with Crippen molar-refractivity contribution in [3.8, 4) is 0 Å². The van der Waals surface area contributed by atoms with Gasteiger partial charge in [-0.2, -0.15) is 0 Å². The van der Waals surface area contributed by atoms with Crippen LogP contribution in [-0.4, -0.2) is 12.0 Å². The van der Waals surface area contributed by atoms with Crippen LogP contribution in [0, 0.1) is 17.8 Å². The molecule has 1 aromatic carbocycles. The molecule has 0 saturated heterocycles. The third-order valence-corrected chi connectivity index (χ3v) is 5.52. The van der Waals surface area contributed by atoms with Crippen LogP contribution in [0.4, 0.5) is 0 Å². The van der Waals surface area contributed by atoms with E-state index in [9.17, 15) is 4.79 Å². The van der Waals surface area contributed by atoms with Crippen molar-refractivity contribution < 1.29 is 4.79 Å². The van der Waals surface area contributed by atoms with Crippen LogP contribution < -0.4 is 0 Å². The summed E-state index contributed by atoms with van der Waals surface area (Å²) in [4.78, 5) is 12.0. The summed E-state index contributed by atoms with van der Waals surface area (Å²) >= 11 is 1.93. The summed E-state index contributed by atoms with van der Waals surface area (Å²) in [7, 11) is 0. The van der Waals surface area contributed by atoms with Crippen LogP contribution in [0.5, 0.6) is 0 Å². The molecule has 3 unspecified atom stereocenters. The monoisotopic (exact) mass is 246 g/mol. The Balaban J connectivity index is 1.58. The van der Waals surface area contributed by atoms with Gasteiger partial charge in [0.15, 0.2) is 0 Å². The Morgan fingerprint density at radius 1 is 1.29 bits per heavy atom. The van der Waals surface area contributed by atoms with E-state index in [0.717, 1.165) is 29.6 Å². The largest absolute Gasteiger partial charge is 0.298 e. The molecule has 90 valence electrons. The van der Waals surface area contributed by atoms with E-state index in [4.69, 9.17) is 0 Å². The lowest BCUT2D eigenvalue weighted by Crippen LogP contribution is -2.12. The summed E-state index contributed by atoms with van der Waals surface area (Å²) in [5, 5.41) is 0. The molecular formula is C15H18OS. The van der Waals surface area contributed by atoms with Crippen molar-refractivity contribution >= 4 is 18.0 Å². The molecule has 2 fully saturated rings. The van der Waals surface area contributed by atoms with Gasteiger partial charge in [0.2, 0.25) is 0 Å². The predicted octanol–water partition coefficient (Wildman–Crippen LogP) is 4.03. The third kappa shape index (κ3) is 2.42. The molecule has 2 heteroatoms. The molecule has 17 heavy (non-hydrogen) atoms. The molecule has 2 saturated carbocycles. The van der Waals surface area contributed by atoms with Gasteiger partial charge in [-0.25, -0.2) is 0 Å². The second-order valence-corrected chi connectivity index (χ2v) is 6.53. The Morgan fingerprint density at radius 3 is 2.94 bits per heavy atom. The number of aldehydes is 1. The molecule has 1 nitrogen and oxygen atoms in total. The average Bonchev–Trinajstić information content (AvgIpc) is 2.99. The zero-order valence-electron chi connectivity index (χ0n) is 9.97. The zero-order valence-corrected chi connectivity index (χ0v) is 10.8. The first kappa shape index (κ1) is 11.3. The van der Waals surface area contributed by atoms with Crippen LogP contribution in [0.25, 0.3) is 0 Å². The van der Waals surface area contributed by atoms with Crippen LogP contribution in [0.1, 0.15) is 36.0 Å². The highest BCUT2D eigenvalue weighted by Crippen LogP contribution is 2.49. The highest BCUT2D eigenvalue weighted by molar-refractivity contribution is 7.99. The molecule has 1 aromatic rings. The van der Waals surface area contributed by atoms with Gasteiger partial charge in [-0.1, -0.05) is 18.6 Å². The Hall–Kier alpha value is -0.760. The van der Waals surface area contributed by atoms with E-state index in [2.05, 4.69) is 6.07 Å². The van der Waals surface area contributed by atoms with Crippen molar-refractivity contribution in [2.24, 2.45) is 17.8 Å². The molecule has 2 aliphatic rings. The average molecular weight is 246 g/mol. The van der Waals surface area contributed by atoms with Gasteiger partial charge in [-0.3, -0.25) is 4.79 Å². The van der Waals surface area contributed by atoms with Gasteiger partial charge in [-0.05, 0) is 49.1 Å². The van der Waals surface area contributed by atoms with Gasteiger partial charge in [0.25, 0.3) is 0 Å². The second-order valence-electron chi connectivity index (χ2n) is 5.44. The molecule has 0 amide bonds. The fraction of sp³-hybridized carbons (Fsp3) is 0.533. The molecule has 0 heterocycles. The number of hydrogen-bond acceptors (Lipinski definition) is 2. The number of carbonyl (C=O) groups excluding carboxylic acids is 1. The van der Waals surface area contributed by atoms with E-state index in [1.807, 2.05) is 30.0 Å². The fourth-order valence-corrected chi connectivity index (χ4v) is 4.67. The lowest BCUT2D eigenvalue weighted by molar-refractivity contribution is 0.112. The number of hydrogen-bond donors (Lipinski definition) is 0. The number of fused-ring (bicyclic) bond motifs is 2. The smallest absolute Gasteiger partial charge is 0.150 e. The van der Waals surface area contributed by atoms with Crippen LogP contribution in [0.3, 0.4) is 0 Å². The summed E-state index contributed by atoms with van der Waals surface area (Å²) in [6.07, 6.45) is 6.81. The van der Waals surface area contributed by atoms with Crippen molar-refractivity contribution in [1.82, 2.24) is 0 Å². The molecule has 3 rings (SSSR count). The maximum absolute atomic E-state index is 10.7. The van der Waals surface area contributed by atoms with E-state index >= 15 is 0 Å². The molecule has 0 aliphatic heterocycles. The lowest BCUT2D eigenvalue weighted by atomic mass is 9.90. The van der Waals surface area contributed by atoms with Crippen LogP contribution in [0.2, 0.25) is 0 Å². The van der Waals surface area contributed by atoms with Gasteiger partial charge in [0.05, 0.1) is 0 Å². The van der Waals surface area contributed by atoms with Gasteiger partial charge < -0.3 is 0 Å². The normalized spacial score (nSPS) is 30.7. The first-order valence-corrected chi connectivity index (χ1v) is 7.52. The van der Waals surface area contributed by atoms with Crippen molar-refractivity contribution in [1.29, 1.82) is 0 Å². The Morgan fingerprint density at radius 2 is 2.24 bits per heavy atom. The molecule has 0 radical (unpaired) electrons. The number of benzene rings is 1. The predicted molar refractivity (Wildman–Crippen MR) is 71.5 cm³/mol. The van der Waals surface area contributed by atoms with Crippen molar-refractivity contribution in [2.45, 2.75) is 30.6 Å². The summed E-state index contributed by atoms with van der Waals surface area (Å²) < 4.78 is 0. The van der Waals surface area contributed by atoms with Crippen molar-refractivity contribution in [3.63, 3.8) is 0 Å². The first-order chi connectivity index (χ1) is 8.35. The van der Waals surface area contributed by atoms with Crippen LogP contribution >= 0.6 is 11.8 Å². The standard InChI is InChI=1S/C15H18OS/c16-9-12-2-1-3-15(8-12)17-10-14-7-11-4-5-13(14)6-11/h1-3,8-9,11,13-14H,4-7,10H2. The Kier molecular flexibility index (Phi) is 3.24. The van der Waals surface area contributed by atoms with Gasteiger partial charge in [-0.15, -0.1) is 11.8 Å². The minimum Gasteiger partial charge on any atom is -0.298 e. The second kappa shape index (κ2) is 4.85. The topological polar surface area (TPSA) is 17.1 Å². The minimum atomic E-state index is 0.794. The highest BCUT2D eigenvalue weighted by atomic mass is 32.2. The van der Waals surface area contributed by atoms with Crippen LogP contribution in [-0.2, 0) is 0 Å².